The van der Waals surface area contributed by atoms with Gasteiger partial charge in [-0.2, -0.15) is 4.98 Å². The second-order valence-corrected chi connectivity index (χ2v) is 11.2. The largest absolute Gasteiger partial charge is 0.393 e. The molecule has 5 rings (SSSR count). The number of rotatable bonds is 6. The monoisotopic (exact) mass is 549 g/mol. The maximum absolute atomic E-state index is 14.8. The van der Waals surface area contributed by atoms with E-state index in [1.165, 1.54) is 12.1 Å². The summed E-state index contributed by atoms with van der Waals surface area (Å²) < 4.78 is 16.7. The number of benzene rings is 1. The van der Waals surface area contributed by atoms with Gasteiger partial charge in [0.15, 0.2) is 5.65 Å². The summed E-state index contributed by atoms with van der Waals surface area (Å²) in [6.07, 6.45) is 7.13. The predicted octanol–water partition coefficient (Wildman–Crippen LogP) is 5.34. The second kappa shape index (κ2) is 10.2. The molecule has 2 heterocycles. The number of fused-ring (bicyclic) bond motifs is 1. The Balaban J connectivity index is 1.52. The van der Waals surface area contributed by atoms with Gasteiger partial charge in [-0.15, -0.1) is 0 Å². The molecule has 198 valence electrons. The zero-order valence-corrected chi connectivity index (χ0v) is 22.0. The molecule has 0 saturated heterocycles. The van der Waals surface area contributed by atoms with E-state index in [-0.39, 0.29) is 39.8 Å². The van der Waals surface area contributed by atoms with Crippen LogP contribution in [-0.4, -0.2) is 42.7 Å². The lowest BCUT2D eigenvalue weighted by Crippen LogP contribution is -2.38. The maximum atomic E-state index is 14.8. The summed E-state index contributed by atoms with van der Waals surface area (Å²) >= 11 is 12.3. The third kappa shape index (κ3) is 5.32. The van der Waals surface area contributed by atoms with Crippen molar-refractivity contribution in [3.63, 3.8) is 0 Å². The Kier molecular flexibility index (Phi) is 7.17. The number of aliphatic hydroxyl groups is 1. The molecule has 1 amide bonds. The molecule has 37 heavy (non-hydrogen) atoms. The Morgan fingerprint density at radius 3 is 2.65 bits per heavy atom. The molecule has 0 radical (unpaired) electrons. The summed E-state index contributed by atoms with van der Waals surface area (Å²) in [5.74, 6) is -0.109. The fourth-order valence-corrected chi connectivity index (χ4v) is 5.91. The molecule has 0 spiro atoms. The van der Waals surface area contributed by atoms with Crippen LogP contribution in [0.15, 0.2) is 18.3 Å². The highest BCUT2D eigenvalue weighted by molar-refractivity contribution is 6.36. The van der Waals surface area contributed by atoms with Crippen LogP contribution >= 0.6 is 23.2 Å². The van der Waals surface area contributed by atoms with Gasteiger partial charge in [0.2, 0.25) is 17.8 Å². The van der Waals surface area contributed by atoms with Gasteiger partial charge in [0.1, 0.15) is 11.3 Å². The van der Waals surface area contributed by atoms with Crippen LogP contribution in [-0.2, 0) is 4.79 Å². The minimum Gasteiger partial charge on any atom is -0.393 e. The SMILES string of the molecule is CC1(C(N)=O)CCC(n2c(Nc3c(F)cc(Cl)cc3Cl)nc3cnc(N[C@H]4CCC[C@H](O)C4)nc32)CC1. The Hall–Kier alpha value is -2.69. The van der Waals surface area contributed by atoms with Crippen molar-refractivity contribution >= 4 is 57.9 Å². The third-order valence-electron chi connectivity index (χ3n) is 7.67. The Labute approximate surface area is 224 Å². The summed E-state index contributed by atoms with van der Waals surface area (Å²) in [6.45, 7) is 1.89. The highest BCUT2D eigenvalue weighted by Gasteiger charge is 2.38. The van der Waals surface area contributed by atoms with E-state index in [4.69, 9.17) is 33.9 Å². The van der Waals surface area contributed by atoms with E-state index in [9.17, 15) is 14.3 Å². The van der Waals surface area contributed by atoms with Gasteiger partial charge < -0.3 is 21.5 Å². The number of imidazole rings is 1. The topological polar surface area (TPSA) is 131 Å². The van der Waals surface area contributed by atoms with Crippen LogP contribution in [0.25, 0.3) is 11.2 Å². The minimum absolute atomic E-state index is 0.0582. The summed E-state index contributed by atoms with van der Waals surface area (Å²) in [5.41, 5.74) is 6.26. The number of primary amides is 1. The highest BCUT2D eigenvalue weighted by atomic mass is 35.5. The van der Waals surface area contributed by atoms with Crippen LogP contribution in [0, 0.1) is 11.2 Å². The van der Waals surface area contributed by atoms with Gasteiger partial charge in [0, 0.05) is 22.5 Å². The standard InChI is InChI=1S/C25H30Cl2FN7O2/c1-25(22(29)37)7-5-15(6-8-25)35-21-19(12-30-23(34-21)31-14-3-2-4-16(36)11-14)32-24(35)33-20-17(27)9-13(26)10-18(20)28/h9-10,12,14-16,36H,2-8,11H2,1H3,(H2,29,37)(H,32,33)(H,30,31,34)/t14-,15?,16-,25?/m0/s1. The molecule has 0 unspecified atom stereocenters. The van der Waals surface area contributed by atoms with E-state index < -0.39 is 11.2 Å². The average molecular weight is 550 g/mol. The zero-order chi connectivity index (χ0) is 26.3. The molecule has 2 aliphatic carbocycles. The van der Waals surface area contributed by atoms with Crippen molar-refractivity contribution in [2.45, 2.75) is 76.5 Å². The van der Waals surface area contributed by atoms with E-state index in [1.54, 1.807) is 6.20 Å². The van der Waals surface area contributed by atoms with E-state index in [1.807, 2.05) is 11.5 Å². The molecule has 5 N–H and O–H groups in total. The molecule has 2 fully saturated rings. The first kappa shape index (κ1) is 25.9. The number of hydrogen-bond donors (Lipinski definition) is 4. The molecule has 12 heteroatoms. The first-order valence-corrected chi connectivity index (χ1v) is 13.3. The number of amides is 1. The average Bonchev–Trinajstić information content (AvgIpc) is 3.19. The van der Waals surface area contributed by atoms with Crippen LogP contribution in [0.4, 0.5) is 22.0 Å². The number of nitrogens with two attached hydrogens (primary N) is 1. The summed E-state index contributed by atoms with van der Waals surface area (Å²) in [7, 11) is 0. The van der Waals surface area contributed by atoms with E-state index >= 15 is 0 Å². The highest BCUT2D eigenvalue weighted by Crippen LogP contribution is 2.43. The van der Waals surface area contributed by atoms with Gasteiger partial charge in [-0.3, -0.25) is 9.36 Å². The normalized spacial score (nSPS) is 26.2. The number of nitrogens with one attached hydrogen (secondary N) is 2. The fourth-order valence-electron chi connectivity index (χ4n) is 5.39. The number of carbonyl (C=O) groups excluding carboxylic acids is 1. The van der Waals surface area contributed by atoms with Crippen LogP contribution in [0.5, 0.6) is 0 Å². The Morgan fingerprint density at radius 2 is 1.97 bits per heavy atom. The van der Waals surface area contributed by atoms with Gasteiger partial charge >= 0.3 is 0 Å². The summed E-state index contributed by atoms with van der Waals surface area (Å²) in [4.78, 5) is 25.9. The Morgan fingerprint density at radius 1 is 1.22 bits per heavy atom. The number of halogens is 3. The van der Waals surface area contributed by atoms with E-state index in [0.717, 1.165) is 19.3 Å². The molecule has 2 atom stereocenters. The van der Waals surface area contributed by atoms with Gasteiger partial charge in [-0.1, -0.05) is 30.1 Å². The molecular weight excluding hydrogens is 520 g/mol. The molecule has 2 aliphatic rings. The van der Waals surface area contributed by atoms with Crippen molar-refractivity contribution in [1.29, 1.82) is 0 Å². The number of nitrogens with zero attached hydrogens (tertiary/aromatic N) is 4. The summed E-state index contributed by atoms with van der Waals surface area (Å²) in [6, 6.07) is 2.65. The zero-order valence-electron chi connectivity index (χ0n) is 20.5. The third-order valence-corrected chi connectivity index (χ3v) is 8.19. The second-order valence-electron chi connectivity index (χ2n) is 10.4. The van der Waals surface area contributed by atoms with E-state index in [0.29, 0.717) is 55.2 Å². The van der Waals surface area contributed by atoms with Gasteiger partial charge in [0.05, 0.1) is 23.0 Å². The lowest BCUT2D eigenvalue weighted by Gasteiger charge is -2.35. The number of anilines is 3. The summed E-state index contributed by atoms with van der Waals surface area (Å²) in [5, 5.41) is 16.7. The number of aromatic nitrogens is 4. The van der Waals surface area contributed by atoms with Crippen molar-refractivity contribution < 1.29 is 14.3 Å². The quantitative estimate of drug-likeness (QED) is 0.326. The lowest BCUT2D eigenvalue weighted by molar-refractivity contribution is -0.128. The molecule has 0 aliphatic heterocycles. The van der Waals surface area contributed by atoms with Gasteiger partial charge in [-0.05, 0) is 63.5 Å². The van der Waals surface area contributed by atoms with Gasteiger partial charge in [0.25, 0.3) is 0 Å². The van der Waals surface area contributed by atoms with Crippen molar-refractivity contribution in [1.82, 2.24) is 19.5 Å². The van der Waals surface area contributed by atoms with Crippen LogP contribution in [0.3, 0.4) is 0 Å². The molecule has 1 aromatic carbocycles. The predicted molar refractivity (Wildman–Crippen MR) is 142 cm³/mol. The van der Waals surface area contributed by atoms with Gasteiger partial charge in [-0.25, -0.2) is 14.4 Å². The lowest BCUT2D eigenvalue weighted by atomic mass is 9.73. The Bertz CT molecular complexity index is 1300. The molecule has 3 aromatic rings. The van der Waals surface area contributed by atoms with Crippen molar-refractivity contribution in [2.24, 2.45) is 11.1 Å². The first-order valence-electron chi connectivity index (χ1n) is 12.5. The number of hydrogen-bond acceptors (Lipinski definition) is 7. The van der Waals surface area contributed by atoms with Crippen LogP contribution in [0.2, 0.25) is 10.0 Å². The smallest absolute Gasteiger partial charge is 0.224 e. The van der Waals surface area contributed by atoms with Crippen molar-refractivity contribution in [2.75, 3.05) is 10.6 Å². The fraction of sp³-hybridized carbons (Fsp3) is 0.520. The molecular formula is C25H30Cl2FN7O2. The molecule has 2 aromatic heterocycles. The van der Waals surface area contributed by atoms with Crippen LogP contribution in [0.1, 0.15) is 64.3 Å². The molecule has 0 bridgehead atoms. The number of aliphatic hydroxyl groups excluding tert-OH is 1. The van der Waals surface area contributed by atoms with Crippen LogP contribution < -0.4 is 16.4 Å². The van der Waals surface area contributed by atoms with Crippen molar-refractivity contribution in [3.8, 4) is 0 Å². The first-order chi connectivity index (χ1) is 17.6. The minimum atomic E-state index is -0.606. The van der Waals surface area contributed by atoms with E-state index in [2.05, 4.69) is 20.6 Å². The molecule has 2 saturated carbocycles. The maximum Gasteiger partial charge on any atom is 0.224 e. The number of carbonyl (C=O) groups is 1. The van der Waals surface area contributed by atoms with Crippen molar-refractivity contribution in [3.05, 3.63) is 34.2 Å². The molecule has 9 nitrogen and oxygen atoms in total.